The fraction of sp³-hybridized carbons (Fsp3) is 0.125. The first-order chi connectivity index (χ1) is 16.5. The maximum atomic E-state index is 13.4. The molecule has 0 bridgehead atoms. The molecule has 0 spiro atoms. The lowest BCUT2D eigenvalue weighted by Crippen LogP contribution is -2.20. The average molecular weight is 476 g/mol. The molecule has 0 aliphatic carbocycles. The number of hydrogen-bond acceptors (Lipinski definition) is 5. The molecular formula is C24H19ClFN7O. The van der Waals surface area contributed by atoms with E-state index in [4.69, 9.17) is 11.6 Å². The first-order valence-corrected chi connectivity index (χ1v) is 10.9. The van der Waals surface area contributed by atoms with Crippen molar-refractivity contribution in [2.45, 2.75) is 20.0 Å². The SMILES string of the molecule is Cc1nn(CC(=O)Nc2ncn(Cc3ccc(Cl)cc3)n2)c2nccc(-c3ccc(F)cc3)c12. The van der Waals surface area contributed by atoms with E-state index >= 15 is 0 Å². The van der Waals surface area contributed by atoms with E-state index in [9.17, 15) is 9.18 Å². The van der Waals surface area contributed by atoms with Crippen LogP contribution < -0.4 is 5.32 Å². The van der Waals surface area contributed by atoms with Crippen molar-refractivity contribution in [1.82, 2.24) is 29.5 Å². The molecule has 10 heteroatoms. The summed E-state index contributed by atoms with van der Waals surface area (Å²) in [6, 6.07) is 15.5. The number of aromatic nitrogens is 6. The van der Waals surface area contributed by atoms with Crippen molar-refractivity contribution in [3.05, 3.63) is 89.2 Å². The van der Waals surface area contributed by atoms with Crippen LogP contribution in [0.15, 0.2) is 67.1 Å². The molecule has 0 fully saturated rings. The molecule has 5 aromatic rings. The molecule has 0 unspecified atom stereocenters. The topological polar surface area (TPSA) is 90.5 Å². The summed E-state index contributed by atoms with van der Waals surface area (Å²) in [5.74, 6) is -0.433. The highest BCUT2D eigenvalue weighted by atomic mass is 35.5. The van der Waals surface area contributed by atoms with Crippen molar-refractivity contribution in [1.29, 1.82) is 0 Å². The Hall–Kier alpha value is -4.11. The van der Waals surface area contributed by atoms with Gasteiger partial charge < -0.3 is 0 Å². The lowest BCUT2D eigenvalue weighted by Gasteiger charge is -2.05. The van der Waals surface area contributed by atoms with Gasteiger partial charge in [0.1, 0.15) is 18.7 Å². The van der Waals surface area contributed by atoms with Gasteiger partial charge in [0, 0.05) is 16.6 Å². The number of hydrogen-bond donors (Lipinski definition) is 1. The maximum absolute atomic E-state index is 13.4. The monoisotopic (exact) mass is 475 g/mol. The number of carbonyl (C=O) groups is 1. The van der Waals surface area contributed by atoms with Crippen molar-refractivity contribution >= 4 is 34.5 Å². The lowest BCUT2D eigenvalue weighted by molar-refractivity contribution is -0.116. The highest BCUT2D eigenvalue weighted by molar-refractivity contribution is 6.30. The number of rotatable bonds is 6. The van der Waals surface area contributed by atoms with Crippen molar-refractivity contribution < 1.29 is 9.18 Å². The summed E-state index contributed by atoms with van der Waals surface area (Å²) in [7, 11) is 0. The minimum absolute atomic E-state index is 0.0596. The second-order valence-corrected chi connectivity index (χ2v) is 8.18. The van der Waals surface area contributed by atoms with Crippen LogP contribution in [0, 0.1) is 12.7 Å². The number of amides is 1. The molecule has 0 atom stereocenters. The Bertz CT molecular complexity index is 1480. The van der Waals surface area contributed by atoms with Gasteiger partial charge in [0.05, 0.1) is 12.2 Å². The van der Waals surface area contributed by atoms with Crippen LogP contribution in [0.5, 0.6) is 0 Å². The van der Waals surface area contributed by atoms with Crippen LogP contribution in [-0.2, 0) is 17.9 Å². The number of benzene rings is 2. The molecule has 3 heterocycles. The smallest absolute Gasteiger partial charge is 0.248 e. The van der Waals surface area contributed by atoms with E-state index in [1.54, 1.807) is 29.3 Å². The molecule has 0 radical (unpaired) electrons. The molecule has 1 N–H and O–H groups in total. The number of carbonyl (C=O) groups excluding carboxylic acids is 1. The summed E-state index contributed by atoms with van der Waals surface area (Å²) < 4.78 is 16.5. The fourth-order valence-corrected chi connectivity index (χ4v) is 3.89. The molecule has 0 aliphatic rings. The molecule has 170 valence electrons. The number of nitrogens with zero attached hydrogens (tertiary/aromatic N) is 6. The third-order valence-corrected chi connectivity index (χ3v) is 5.55. The van der Waals surface area contributed by atoms with Crippen molar-refractivity contribution in [3.63, 3.8) is 0 Å². The van der Waals surface area contributed by atoms with Crippen LogP contribution >= 0.6 is 11.6 Å². The molecule has 2 aromatic carbocycles. The van der Waals surface area contributed by atoms with Gasteiger partial charge >= 0.3 is 0 Å². The summed E-state index contributed by atoms with van der Waals surface area (Å²) in [5.41, 5.74) is 4.01. The fourth-order valence-electron chi connectivity index (χ4n) is 3.77. The van der Waals surface area contributed by atoms with E-state index in [1.165, 1.54) is 16.8 Å². The number of aryl methyl sites for hydroxylation is 1. The van der Waals surface area contributed by atoms with Crippen LogP contribution in [0.1, 0.15) is 11.3 Å². The van der Waals surface area contributed by atoms with E-state index in [1.807, 2.05) is 37.3 Å². The quantitative estimate of drug-likeness (QED) is 0.391. The normalized spacial score (nSPS) is 11.1. The van der Waals surface area contributed by atoms with Crippen molar-refractivity contribution in [2.24, 2.45) is 0 Å². The first kappa shape index (κ1) is 21.7. The van der Waals surface area contributed by atoms with Gasteiger partial charge in [0.25, 0.3) is 0 Å². The summed E-state index contributed by atoms with van der Waals surface area (Å²) in [6.07, 6.45) is 3.20. The second kappa shape index (κ2) is 9.03. The van der Waals surface area contributed by atoms with Crippen LogP contribution in [0.2, 0.25) is 5.02 Å². The minimum Gasteiger partial charge on any atom is -0.292 e. The summed E-state index contributed by atoms with van der Waals surface area (Å²) in [5, 5.41) is 13.0. The number of anilines is 1. The number of fused-ring (bicyclic) bond motifs is 1. The first-order valence-electron chi connectivity index (χ1n) is 10.5. The Balaban J connectivity index is 1.32. The molecule has 8 nitrogen and oxygen atoms in total. The third kappa shape index (κ3) is 4.51. The van der Waals surface area contributed by atoms with Crippen molar-refractivity contribution in [3.8, 4) is 11.1 Å². The zero-order chi connectivity index (χ0) is 23.7. The summed E-state index contributed by atoms with van der Waals surface area (Å²) in [4.78, 5) is 21.3. The highest BCUT2D eigenvalue weighted by Gasteiger charge is 2.17. The van der Waals surface area contributed by atoms with E-state index in [2.05, 4.69) is 25.5 Å². The standard InChI is InChI=1S/C24H19ClFN7O/c1-15-22-20(17-4-8-19(26)9-5-17)10-11-27-23(22)33(30-15)13-21(34)29-24-28-14-32(31-24)12-16-2-6-18(25)7-3-16/h2-11,14H,12-13H2,1H3,(H,29,31,34). The molecule has 0 saturated carbocycles. The summed E-state index contributed by atoms with van der Waals surface area (Å²) >= 11 is 5.92. The van der Waals surface area contributed by atoms with Gasteiger partial charge in [-0.1, -0.05) is 35.9 Å². The molecule has 0 saturated heterocycles. The van der Waals surface area contributed by atoms with Crippen LogP contribution in [-0.4, -0.2) is 35.4 Å². The molecule has 3 aromatic heterocycles. The Kier molecular flexibility index (Phi) is 5.77. The molecular weight excluding hydrogens is 457 g/mol. The highest BCUT2D eigenvalue weighted by Crippen LogP contribution is 2.29. The molecule has 1 amide bonds. The van der Waals surface area contributed by atoms with Gasteiger partial charge in [-0.25, -0.2) is 23.7 Å². The third-order valence-electron chi connectivity index (χ3n) is 5.30. The van der Waals surface area contributed by atoms with Gasteiger partial charge in [-0.15, -0.1) is 5.10 Å². The van der Waals surface area contributed by atoms with E-state index < -0.39 is 0 Å². The maximum Gasteiger partial charge on any atom is 0.248 e. The van der Waals surface area contributed by atoms with Gasteiger partial charge in [0.2, 0.25) is 11.9 Å². The van der Waals surface area contributed by atoms with E-state index in [0.717, 1.165) is 27.8 Å². The Labute approximate surface area is 199 Å². The summed E-state index contributed by atoms with van der Waals surface area (Å²) in [6.45, 7) is 2.29. The van der Waals surface area contributed by atoms with Gasteiger partial charge in [0.15, 0.2) is 5.65 Å². The van der Waals surface area contributed by atoms with Gasteiger partial charge in [-0.2, -0.15) is 5.10 Å². The van der Waals surface area contributed by atoms with Crippen LogP contribution in [0.4, 0.5) is 10.3 Å². The van der Waals surface area contributed by atoms with Crippen LogP contribution in [0.3, 0.4) is 0 Å². The lowest BCUT2D eigenvalue weighted by atomic mass is 10.0. The largest absolute Gasteiger partial charge is 0.292 e. The Morgan fingerprint density at radius 2 is 1.79 bits per heavy atom. The second-order valence-electron chi connectivity index (χ2n) is 7.75. The van der Waals surface area contributed by atoms with Crippen molar-refractivity contribution in [2.75, 3.05) is 5.32 Å². The van der Waals surface area contributed by atoms with Crippen LogP contribution in [0.25, 0.3) is 22.2 Å². The Morgan fingerprint density at radius 3 is 2.56 bits per heavy atom. The minimum atomic E-state index is -0.331. The Morgan fingerprint density at radius 1 is 1.03 bits per heavy atom. The number of pyridine rings is 1. The predicted octanol–water partition coefficient (Wildman–Crippen LogP) is 4.48. The van der Waals surface area contributed by atoms with Gasteiger partial charge in [-0.05, 0) is 53.9 Å². The number of nitrogens with one attached hydrogen (secondary N) is 1. The predicted molar refractivity (Wildman–Crippen MR) is 127 cm³/mol. The zero-order valence-corrected chi connectivity index (χ0v) is 18.9. The van der Waals surface area contributed by atoms with Gasteiger partial charge in [-0.3, -0.25) is 10.1 Å². The van der Waals surface area contributed by atoms with E-state index in [-0.39, 0.29) is 24.2 Å². The average Bonchev–Trinajstić information content (AvgIpc) is 3.39. The molecule has 5 rings (SSSR count). The zero-order valence-electron chi connectivity index (χ0n) is 18.1. The molecule has 0 aliphatic heterocycles. The number of halogens is 2. The van der Waals surface area contributed by atoms with E-state index in [0.29, 0.717) is 17.2 Å². The molecule has 34 heavy (non-hydrogen) atoms.